The summed E-state index contributed by atoms with van der Waals surface area (Å²) in [5, 5.41) is 9.27. The highest BCUT2D eigenvalue weighted by Crippen LogP contribution is 2.31. The van der Waals surface area contributed by atoms with Crippen LogP contribution in [0.15, 0.2) is 36.4 Å². The molecule has 0 aliphatic rings. The number of benzene rings is 2. The minimum absolute atomic E-state index is 0.451. The first-order valence-electron chi connectivity index (χ1n) is 5.34. The largest absolute Gasteiger partial charge is 0.457 e. The summed E-state index contributed by atoms with van der Waals surface area (Å²) in [4.78, 5) is 0. The molecular formula is C14H11ClN2O. The number of nitrogen functional groups attached to an aromatic ring is 1. The van der Waals surface area contributed by atoms with Gasteiger partial charge in [0.1, 0.15) is 11.5 Å². The van der Waals surface area contributed by atoms with Crippen LogP contribution >= 0.6 is 11.6 Å². The van der Waals surface area contributed by atoms with Gasteiger partial charge in [0.05, 0.1) is 22.3 Å². The Balaban J connectivity index is 2.34. The Hall–Kier alpha value is -2.18. The number of rotatable bonds is 2. The zero-order valence-electron chi connectivity index (χ0n) is 9.77. The number of nitrogens with zero attached hydrogens (tertiary/aromatic N) is 1. The van der Waals surface area contributed by atoms with Crippen LogP contribution in [0.25, 0.3) is 0 Å². The van der Waals surface area contributed by atoms with Gasteiger partial charge < -0.3 is 10.5 Å². The zero-order valence-corrected chi connectivity index (χ0v) is 10.5. The smallest absolute Gasteiger partial charge is 0.131 e. The first kappa shape index (κ1) is 12.3. The van der Waals surface area contributed by atoms with Gasteiger partial charge in [0, 0.05) is 6.07 Å². The molecule has 0 aliphatic carbocycles. The van der Waals surface area contributed by atoms with E-state index in [2.05, 4.69) is 6.07 Å². The molecule has 0 saturated heterocycles. The van der Waals surface area contributed by atoms with Gasteiger partial charge >= 0.3 is 0 Å². The normalized spacial score (nSPS) is 9.83. The lowest BCUT2D eigenvalue weighted by Gasteiger charge is -2.10. The van der Waals surface area contributed by atoms with Crippen molar-refractivity contribution in [2.45, 2.75) is 6.92 Å². The molecule has 0 atom stereocenters. The Morgan fingerprint density at radius 2 is 2.06 bits per heavy atom. The summed E-state index contributed by atoms with van der Waals surface area (Å²) < 4.78 is 5.70. The number of hydrogen-bond donors (Lipinski definition) is 1. The Morgan fingerprint density at radius 1 is 1.28 bits per heavy atom. The van der Waals surface area contributed by atoms with E-state index in [4.69, 9.17) is 27.3 Å². The van der Waals surface area contributed by atoms with Crippen molar-refractivity contribution in [3.8, 4) is 17.6 Å². The van der Waals surface area contributed by atoms with Crippen molar-refractivity contribution in [3.63, 3.8) is 0 Å². The molecular weight excluding hydrogens is 248 g/mol. The van der Waals surface area contributed by atoms with E-state index in [1.807, 2.05) is 6.92 Å². The molecule has 2 aromatic rings. The van der Waals surface area contributed by atoms with E-state index >= 15 is 0 Å². The molecule has 0 spiro atoms. The summed E-state index contributed by atoms with van der Waals surface area (Å²) in [5.74, 6) is 1.22. The van der Waals surface area contributed by atoms with Crippen LogP contribution in [0.5, 0.6) is 11.5 Å². The van der Waals surface area contributed by atoms with Crippen LogP contribution in [0, 0.1) is 18.3 Å². The third-order valence-corrected chi connectivity index (χ3v) is 2.81. The molecule has 0 fully saturated rings. The van der Waals surface area contributed by atoms with E-state index in [-0.39, 0.29) is 0 Å². The summed E-state index contributed by atoms with van der Waals surface area (Å²) >= 11 is 5.95. The van der Waals surface area contributed by atoms with Crippen LogP contribution in [0.3, 0.4) is 0 Å². The predicted molar refractivity (Wildman–Crippen MR) is 71.8 cm³/mol. The molecule has 18 heavy (non-hydrogen) atoms. The number of aryl methyl sites for hydroxylation is 1. The van der Waals surface area contributed by atoms with Crippen LogP contribution in [0.4, 0.5) is 5.69 Å². The predicted octanol–water partition coefficient (Wildman–Crippen LogP) is 3.89. The molecule has 0 saturated carbocycles. The van der Waals surface area contributed by atoms with Gasteiger partial charge in [-0.2, -0.15) is 5.26 Å². The minimum atomic E-state index is 0.451. The van der Waals surface area contributed by atoms with Crippen LogP contribution in [-0.2, 0) is 0 Å². The molecule has 4 heteroatoms. The van der Waals surface area contributed by atoms with Gasteiger partial charge in [0.2, 0.25) is 0 Å². The number of anilines is 1. The maximum absolute atomic E-state index is 8.82. The van der Waals surface area contributed by atoms with Gasteiger partial charge in [0.15, 0.2) is 0 Å². The lowest BCUT2D eigenvalue weighted by molar-refractivity contribution is 0.479. The molecule has 0 aliphatic heterocycles. The first-order valence-corrected chi connectivity index (χ1v) is 5.71. The lowest BCUT2D eigenvalue weighted by atomic mass is 10.2. The average Bonchev–Trinajstić information content (AvgIpc) is 2.36. The van der Waals surface area contributed by atoms with Crippen molar-refractivity contribution < 1.29 is 4.74 Å². The molecule has 0 aromatic heterocycles. The second kappa shape index (κ2) is 4.99. The van der Waals surface area contributed by atoms with E-state index in [0.29, 0.717) is 27.8 Å². The van der Waals surface area contributed by atoms with Gasteiger partial charge in [-0.3, -0.25) is 0 Å². The Labute approximate surface area is 110 Å². The van der Waals surface area contributed by atoms with Crippen molar-refractivity contribution in [2.24, 2.45) is 0 Å². The average molecular weight is 259 g/mol. The maximum atomic E-state index is 8.82. The van der Waals surface area contributed by atoms with E-state index in [1.165, 1.54) is 0 Å². The van der Waals surface area contributed by atoms with Gasteiger partial charge in [-0.05, 0) is 36.8 Å². The Morgan fingerprint density at radius 3 is 2.78 bits per heavy atom. The Kier molecular flexibility index (Phi) is 3.40. The van der Waals surface area contributed by atoms with E-state index < -0.39 is 0 Å². The summed E-state index contributed by atoms with van der Waals surface area (Å²) in [6, 6.07) is 12.4. The number of ether oxygens (including phenoxy) is 1. The van der Waals surface area contributed by atoms with E-state index in [9.17, 15) is 0 Å². The highest BCUT2D eigenvalue weighted by Gasteiger charge is 2.06. The summed E-state index contributed by atoms with van der Waals surface area (Å²) in [5.41, 5.74) is 7.65. The van der Waals surface area contributed by atoms with Gasteiger partial charge in [-0.15, -0.1) is 0 Å². The zero-order chi connectivity index (χ0) is 13.1. The first-order chi connectivity index (χ1) is 8.60. The number of hydrogen-bond acceptors (Lipinski definition) is 3. The number of nitriles is 1. The number of halogens is 1. The highest BCUT2D eigenvalue weighted by molar-refractivity contribution is 6.33. The summed E-state index contributed by atoms with van der Waals surface area (Å²) in [6.45, 7) is 1.89. The lowest BCUT2D eigenvalue weighted by Crippen LogP contribution is -1.92. The van der Waals surface area contributed by atoms with E-state index in [0.717, 1.165) is 5.56 Å². The highest BCUT2D eigenvalue weighted by atomic mass is 35.5. The minimum Gasteiger partial charge on any atom is -0.457 e. The van der Waals surface area contributed by atoms with Crippen LogP contribution in [0.2, 0.25) is 5.02 Å². The van der Waals surface area contributed by atoms with Crippen LogP contribution in [0.1, 0.15) is 11.1 Å². The third-order valence-electron chi connectivity index (χ3n) is 2.49. The molecule has 0 amide bonds. The maximum Gasteiger partial charge on any atom is 0.131 e. The molecule has 0 bridgehead atoms. The van der Waals surface area contributed by atoms with Gasteiger partial charge in [0.25, 0.3) is 0 Å². The standard InChI is InChI=1S/C14H11ClN2O/c1-9-5-13(17)12(15)7-14(9)18-11-4-2-3-10(6-11)8-16/h2-7H,17H2,1H3. The Bertz CT molecular complexity index is 632. The topological polar surface area (TPSA) is 59.0 Å². The molecule has 2 rings (SSSR count). The van der Waals surface area contributed by atoms with Gasteiger partial charge in [-0.25, -0.2) is 0 Å². The summed E-state index contributed by atoms with van der Waals surface area (Å²) in [6.07, 6.45) is 0. The third kappa shape index (κ3) is 2.55. The van der Waals surface area contributed by atoms with Crippen molar-refractivity contribution in [2.75, 3.05) is 5.73 Å². The summed E-state index contributed by atoms with van der Waals surface area (Å²) in [7, 11) is 0. The van der Waals surface area contributed by atoms with Crippen molar-refractivity contribution in [3.05, 3.63) is 52.5 Å². The van der Waals surface area contributed by atoms with Crippen LogP contribution in [-0.4, -0.2) is 0 Å². The molecule has 2 N–H and O–H groups in total. The molecule has 2 aromatic carbocycles. The second-order valence-corrected chi connectivity index (χ2v) is 4.29. The van der Waals surface area contributed by atoms with E-state index in [1.54, 1.807) is 36.4 Å². The van der Waals surface area contributed by atoms with Crippen molar-refractivity contribution in [1.29, 1.82) is 5.26 Å². The number of nitrogens with two attached hydrogens (primary N) is 1. The van der Waals surface area contributed by atoms with Crippen LogP contribution < -0.4 is 10.5 Å². The molecule has 0 unspecified atom stereocenters. The fourth-order valence-corrected chi connectivity index (χ4v) is 1.71. The molecule has 90 valence electrons. The van der Waals surface area contributed by atoms with Crippen molar-refractivity contribution in [1.82, 2.24) is 0 Å². The molecule has 0 radical (unpaired) electrons. The fourth-order valence-electron chi connectivity index (χ4n) is 1.55. The van der Waals surface area contributed by atoms with Gasteiger partial charge in [-0.1, -0.05) is 17.7 Å². The molecule has 3 nitrogen and oxygen atoms in total. The van der Waals surface area contributed by atoms with Crippen molar-refractivity contribution >= 4 is 17.3 Å². The second-order valence-electron chi connectivity index (χ2n) is 3.88. The fraction of sp³-hybridized carbons (Fsp3) is 0.0714. The SMILES string of the molecule is Cc1cc(N)c(Cl)cc1Oc1cccc(C#N)c1. The quantitative estimate of drug-likeness (QED) is 0.831. The molecule has 0 heterocycles. The monoisotopic (exact) mass is 258 g/mol.